The van der Waals surface area contributed by atoms with Gasteiger partial charge in [0.1, 0.15) is 11.6 Å². The van der Waals surface area contributed by atoms with Crippen LogP contribution in [0.25, 0.3) is 0 Å². The van der Waals surface area contributed by atoms with Crippen LogP contribution in [0.1, 0.15) is 11.9 Å². The highest BCUT2D eigenvalue weighted by Gasteiger charge is 2.08. The molecule has 84 valence electrons. The van der Waals surface area contributed by atoms with Gasteiger partial charge in [0.05, 0.1) is 6.10 Å². The zero-order valence-corrected chi connectivity index (χ0v) is 9.50. The first-order chi connectivity index (χ1) is 7.11. The van der Waals surface area contributed by atoms with Crippen molar-refractivity contribution in [3.05, 3.63) is 5.01 Å². The molecule has 0 fully saturated rings. The lowest BCUT2D eigenvalue weighted by Gasteiger charge is -2.08. The molecular formula is C8H14N4O2S. The fourth-order valence-corrected chi connectivity index (χ4v) is 1.40. The Morgan fingerprint density at radius 3 is 2.93 bits per heavy atom. The number of hydrogen-bond donors (Lipinski definition) is 2. The zero-order valence-electron chi connectivity index (χ0n) is 8.69. The van der Waals surface area contributed by atoms with E-state index in [1.165, 1.54) is 11.3 Å². The topological polar surface area (TPSA) is 90.1 Å². The minimum Gasteiger partial charge on any atom is -0.367 e. The molecule has 1 aromatic rings. The smallest absolute Gasteiger partial charge is 0.252 e. The Morgan fingerprint density at radius 1 is 1.67 bits per heavy atom. The molecule has 0 aliphatic rings. The number of anilines is 1. The maximum atomic E-state index is 11.3. The van der Waals surface area contributed by atoms with Gasteiger partial charge in [-0.3, -0.25) is 10.1 Å². The Balaban J connectivity index is 2.30. The second kappa shape index (κ2) is 5.74. The molecular weight excluding hydrogens is 216 g/mol. The van der Waals surface area contributed by atoms with Crippen molar-refractivity contribution >= 4 is 22.4 Å². The quantitative estimate of drug-likeness (QED) is 0.751. The van der Waals surface area contributed by atoms with Crippen LogP contribution < -0.4 is 11.1 Å². The van der Waals surface area contributed by atoms with Crippen LogP contribution in [-0.2, 0) is 9.53 Å². The predicted octanol–water partition coefficient (Wildman–Crippen LogP) is 0.149. The van der Waals surface area contributed by atoms with E-state index in [0.29, 0.717) is 11.7 Å². The van der Waals surface area contributed by atoms with Crippen LogP contribution >= 0.6 is 11.3 Å². The summed E-state index contributed by atoms with van der Waals surface area (Å²) >= 11 is 1.32. The van der Waals surface area contributed by atoms with Crippen molar-refractivity contribution in [3.8, 4) is 0 Å². The number of ether oxygens (including phenoxy) is 1. The van der Waals surface area contributed by atoms with Gasteiger partial charge in [-0.05, 0) is 13.8 Å². The predicted molar refractivity (Wildman–Crippen MR) is 57.7 cm³/mol. The van der Waals surface area contributed by atoms with Gasteiger partial charge in [-0.1, -0.05) is 11.3 Å². The first kappa shape index (κ1) is 12.0. The highest BCUT2D eigenvalue weighted by Crippen LogP contribution is 2.13. The average Bonchev–Trinajstić information content (AvgIpc) is 2.60. The largest absolute Gasteiger partial charge is 0.367 e. The van der Waals surface area contributed by atoms with E-state index in [1.807, 2.05) is 13.8 Å². The molecule has 3 N–H and O–H groups in total. The monoisotopic (exact) mass is 230 g/mol. The Labute approximate surface area is 91.8 Å². The van der Waals surface area contributed by atoms with E-state index in [2.05, 4.69) is 15.5 Å². The Hall–Kier alpha value is -1.05. The zero-order chi connectivity index (χ0) is 11.3. The van der Waals surface area contributed by atoms with E-state index in [-0.39, 0.29) is 18.6 Å². The third kappa shape index (κ3) is 4.32. The first-order valence-corrected chi connectivity index (χ1v) is 5.35. The maximum Gasteiger partial charge on any atom is 0.252 e. The average molecular weight is 230 g/mol. The van der Waals surface area contributed by atoms with Gasteiger partial charge >= 0.3 is 0 Å². The number of nitrogens with zero attached hydrogens (tertiary/aromatic N) is 2. The number of nitrogens with one attached hydrogen (secondary N) is 1. The summed E-state index contributed by atoms with van der Waals surface area (Å²) < 4.78 is 5.15. The molecule has 0 saturated carbocycles. The summed E-state index contributed by atoms with van der Waals surface area (Å²) in [5, 5.41) is 11.4. The lowest BCUT2D eigenvalue weighted by molar-refractivity contribution is -0.122. The van der Waals surface area contributed by atoms with Crippen LogP contribution in [0.15, 0.2) is 0 Å². The molecule has 1 atom stereocenters. The van der Waals surface area contributed by atoms with Gasteiger partial charge < -0.3 is 10.5 Å². The highest BCUT2D eigenvalue weighted by atomic mass is 32.1. The number of amides is 1. The summed E-state index contributed by atoms with van der Waals surface area (Å²) in [6, 6.07) is 0. The fraction of sp³-hybridized carbons (Fsp3) is 0.625. The van der Waals surface area contributed by atoms with Crippen molar-refractivity contribution in [2.24, 2.45) is 5.73 Å². The Morgan fingerprint density at radius 2 is 2.40 bits per heavy atom. The van der Waals surface area contributed by atoms with Crippen molar-refractivity contribution in [1.82, 2.24) is 10.2 Å². The standard InChI is InChI=1S/C8H14N4O2S/c1-5(3-9)14-4-7(13)10-8-12-11-6(2)15-8/h5H,3-4,9H2,1-2H3,(H,10,12,13). The summed E-state index contributed by atoms with van der Waals surface area (Å²) in [7, 11) is 0. The number of hydrogen-bond acceptors (Lipinski definition) is 6. The summed E-state index contributed by atoms with van der Waals surface area (Å²) in [6.45, 7) is 4.00. The molecule has 15 heavy (non-hydrogen) atoms. The fourth-order valence-electron chi connectivity index (χ4n) is 0.788. The molecule has 0 aromatic carbocycles. The van der Waals surface area contributed by atoms with Gasteiger partial charge in [-0.2, -0.15) is 0 Å². The van der Waals surface area contributed by atoms with E-state index in [0.717, 1.165) is 5.01 Å². The summed E-state index contributed by atoms with van der Waals surface area (Å²) in [5.41, 5.74) is 5.34. The van der Waals surface area contributed by atoms with E-state index < -0.39 is 0 Å². The number of carbonyl (C=O) groups excluding carboxylic acids is 1. The van der Waals surface area contributed by atoms with Crippen molar-refractivity contribution in [3.63, 3.8) is 0 Å². The molecule has 1 rings (SSSR count). The van der Waals surface area contributed by atoms with E-state index in [9.17, 15) is 4.79 Å². The molecule has 1 heterocycles. The molecule has 0 spiro atoms. The lowest BCUT2D eigenvalue weighted by atomic mass is 10.4. The van der Waals surface area contributed by atoms with Gasteiger partial charge in [-0.15, -0.1) is 10.2 Å². The van der Waals surface area contributed by atoms with E-state index in [1.54, 1.807) is 0 Å². The Kier molecular flexibility index (Phi) is 4.60. The van der Waals surface area contributed by atoms with Gasteiger partial charge in [0.25, 0.3) is 5.91 Å². The normalized spacial score (nSPS) is 12.5. The Bertz CT molecular complexity index is 328. The van der Waals surface area contributed by atoms with Crippen LogP contribution in [0.5, 0.6) is 0 Å². The molecule has 0 aliphatic heterocycles. The lowest BCUT2D eigenvalue weighted by Crippen LogP contribution is -2.26. The molecule has 6 nitrogen and oxygen atoms in total. The van der Waals surface area contributed by atoms with Crippen LogP contribution in [0.3, 0.4) is 0 Å². The second-order valence-corrected chi connectivity index (χ2v) is 4.21. The third-order valence-electron chi connectivity index (χ3n) is 1.60. The van der Waals surface area contributed by atoms with Crippen LogP contribution in [-0.4, -0.2) is 35.4 Å². The van der Waals surface area contributed by atoms with Crippen molar-refractivity contribution < 1.29 is 9.53 Å². The van der Waals surface area contributed by atoms with Crippen molar-refractivity contribution in [1.29, 1.82) is 0 Å². The minimum atomic E-state index is -0.244. The van der Waals surface area contributed by atoms with Gasteiger partial charge in [0.2, 0.25) is 5.13 Å². The van der Waals surface area contributed by atoms with Crippen LogP contribution in [0.4, 0.5) is 5.13 Å². The van der Waals surface area contributed by atoms with Gasteiger partial charge in [0.15, 0.2) is 0 Å². The molecule has 7 heteroatoms. The van der Waals surface area contributed by atoms with Crippen LogP contribution in [0.2, 0.25) is 0 Å². The first-order valence-electron chi connectivity index (χ1n) is 4.53. The summed E-state index contributed by atoms with van der Waals surface area (Å²) in [5.74, 6) is -0.244. The molecule has 0 aliphatic carbocycles. The number of rotatable bonds is 5. The SMILES string of the molecule is Cc1nnc(NC(=O)COC(C)CN)s1. The minimum absolute atomic E-state index is 0.0169. The number of aryl methyl sites for hydroxylation is 1. The molecule has 1 aromatic heterocycles. The van der Waals surface area contributed by atoms with Crippen molar-refractivity contribution in [2.45, 2.75) is 20.0 Å². The van der Waals surface area contributed by atoms with E-state index >= 15 is 0 Å². The summed E-state index contributed by atoms with van der Waals surface area (Å²) in [4.78, 5) is 11.3. The number of aromatic nitrogens is 2. The van der Waals surface area contributed by atoms with E-state index in [4.69, 9.17) is 10.5 Å². The molecule has 0 radical (unpaired) electrons. The van der Waals surface area contributed by atoms with Crippen molar-refractivity contribution in [2.75, 3.05) is 18.5 Å². The maximum absolute atomic E-state index is 11.3. The van der Waals surface area contributed by atoms with Gasteiger partial charge in [0, 0.05) is 6.54 Å². The van der Waals surface area contributed by atoms with Crippen LogP contribution in [0, 0.1) is 6.92 Å². The molecule has 1 amide bonds. The number of nitrogens with two attached hydrogens (primary N) is 1. The van der Waals surface area contributed by atoms with Gasteiger partial charge in [-0.25, -0.2) is 0 Å². The molecule has 0 bridgehead atoms. The number of carbonyl (C=O) groups is 1. The second-order valence-electron chi connectivity index (χ2n) is 3.03. The third-order valence-corrected chi connectivity index (χ3v) is 2.36. The summed E-state index contributed by atoms with van der Waals surface area (Å²) in [6.07, 6.45) is -0.119. The molecule has 1 unspecified atom stereocenters. The highest BCUT2D eigenvalue weighted by molar-refractivity contribution is 7.15. The molecule has 0 saturated heterocycles.